The number of imide groups is 1. The van der Waals surface area contributed by atoms with E-state index in [1.807, 2.05) is 5.32 Å². The van der Waals surface area contributed by atoms with Gasteiger partial charge in [-0.15, -0.1) is 0 Å². The van der Waals surface area contributed by atoms with Gasteiger partial charge in [0.05, 0.1) is 7.11 Å². The number of nitrogens with one attached hydrogen (secondary N) is 1. The first kappa shape index (κ1) is 16.0. The van der Waals surface area contributed by atoms with Crippen LogP contribution < -0.4 is 10.6 Å². The minimum Gasteiger partial charge on any atom is -0.453 e. The topological polar surface area (TPSA) is 72.0 Å². The normalized spacial score (nSPS) is 13.4. The molecule has 0 aromatic heterocycles. The molecule has 0 saturated heterocycles. The number of alkyl carbamates (subject to hydrolysis) is 1. The van der Waals surface area contributed by atoms with Crippen molar-refractivity contribution in [3.8, 4) is 0 Å². The summed E-state index contributed by atoms with van der Waals surface area (Å²) in [5, 5.41) is 3.59. The summed E-state index contributed by atoms with van der Waals surface area (Å²) in [4.78, 5) is 22.5. The van der Waals surface area contributed by atoms with Crippen molar-refractivity contribution >= 4 is 12.0 Å². The highest BCUT2D eigenvalue weighted by molar-refractivity contribution is 5.93. The van der Waals surface area contributed by atoms with Gasteiger partial charge in [0.2, 0.25) is 0 Å². The zero-order chi connectivity index (χ0) is 15.3. The van der Waals surface area contributed by atoms with Crippen molar-refractivity contribution in [3.63, 3.8) is 0 Å². The Balaban J connectivity index is 2.67. The van der Waals surface area contributed by atoms with Gasteiger partial charge < -0.3 is 10.1 Å². The Labute approximate surface area is 115 Å². The standard InChI is InChI=1S/C13H16F2N2O3/c1-7(10-5-4-9(14)6-11(10)15)16-8(2)12(18)17-13(19)20-3/h4-8,16H,1-3H3,(H,17,18,19)/p+1/t7-,8-/m0/s1. The van der Waals surface area contributed by atoms with E-state index in [9.17, 15) is 18.4 Å². The molecule has 0 bridgehead atoms. The molecule has 5 nitrogen and oxygen atoms in total. The van der Waals surface area contributed by atoms with Gasteiger partial charge in [-0.05, 0) is 26.0 Å². The second kappa shape index (κ2) is 6.95. The number of carbonyl (C=O) groups excluding carboxylic acids is 2. The van der Waals surface area contributed by atoms with Gasteiger partial charge in [0.15, 0.2) is 6.04 Å². The Morgan fingerprint density at radius 3 is 2.50 bits per heavy atom. The molecule has 1 aromatic rings. The Kier molecular flexibility index (Phi) is 5.57. The van der Waals surface area contributed by atoms with Crippen molar-refractivity contribution in [1.82, 2.24) is 5.32 Å². The van der Waals surface area contributed by atoms with Crippen LogP contribution in [-0.2, 0) is 9.53 Å². The summed E-state index contributed by atoms with van der Waals surface area (Å²) in [5.41, 5.74) is 0.282. The highest BCUT2D eigenvalue weighted by atomic mass is 19.1. The fourth-order valence-corrected chi connectivity index (χ4v) is 1.76. The van der Waals surface area contributed by atoms with E-state index in [2.05, 4.69) is 4.74 Å². The van der Waals surface area contributed by atoms with Crippen LogP contribution in [0.1, 0.15) is 25.5 Å². The maximum Gasteiger partial charge on any atom is 0.413 e. The summed E-state index contributed by atoms with van der Waals surface area (Å²) in [6, 6.07) is 2.24. The number of quaternary nitrogens is 1. The first-order valence-electron chi connectivity index (χ1n) is 6.04. The molecule has 20 heavy (non-hydrogen) atoms. The second-order valence-corrected chi connectivity index (χ2v) is 4.42. The van der Waals surface area contributed by atoms with Crippen LogP contribution in [0.4, 0.5) is 13.6 Å². The van der Waals surface area contributed by atoms with E-state index < -0.39 is 35.7 Å². The maximum atomic E-state index is 13.6. The van der Waals surface area contributed by atoms with Crippen LogP contribution in [0.15, 0.2) is 18.2 Å². The predicted molar refractivity (Wildman–Crippen MR) is 66.7 cm³/mol. The van der Waals surface area contributed by atoms with Crippen molar-refractivity contribution < 1.29 is 28.4 Å². The quantitative estimate of drug-likeness (QED) is 0.862. The number of hydrogen-bond donors (Lipinski definition) is 2. The molecular weight excluding hydrogens is 270 g/mol. The minimum absolute atomic E-state index is 0.282. The molecular formula is C13H17F2N2O3+. The second-order valence-electron chi connectivity index (χ2n) is 4.42. The molecule has 0 aliphatic heterocycles. The molecule has 110 valence electrons. The third-order valence-electron chi connectivity index (χ3n) is 2.85. The van der Waals surface area contributed by atoms with Gasteiger partial charge in [0.1, 0.15) is 17.7 Å². The number of methoxy groups -OCH3 is 1. The Morgan fingerprint density at radius 1 is 1.30 bits per heavy atom. The van der Waals surface area contributed by atoms with Crippen LogP contribution in [0.2, 0.25) is 0 Å². The van der Waals surface area contributed by atoms with Crippen LogP contribution in [0, 0.1) is 11.6 Å². The Hall–Kier alpha value is -2.02. The molecule has 0 radical (unpaired) electrons. The van der Waals surface area contributed by atoms with Gasteiger partial charge >= 0.3 is 6.09 Å². The molecule has 2 atom stereocenters. The number of carbonyl (C=O) groups is 2. The third-order valence-corrected chi connectivity index (χ3v) is 2.85. The third kappa shape index (κ3) is 4.27. The van der Waals surface area contributed by atoms with Gasteiger partial charge in [-0.1, -0.05) is 0 Å². The summed E-state index contributed by atoms with van der Waals surface area (Å²) >= 11 is 0. The summed E-state index contributed by atoms with van der Waals surface area (Å²) in [6.45, 7) is 3.24. The van der Waals surface area contributed by atoms with E-state index in [1.54, 1.807) is 19.2 Å². The van der Waals surface area contributed by atoms with Crippen LogP contribution in [-0.4, -0.2) is 25.2 Å². The number of rotatable bonds is 4. The van der Waals surface area contributed by atoms with Gasteiger partial charge in [0.25, 0.3) is 5.91 Å². The molecule has 0 fully saturated rings. The van der Waals surface area contributed by atoms with E-state index in [0.29, 0.717) is 0 Å². The van der Waals surface area contributed by atoms with E-state index in [0.717, 1.165) is 19.2 Å². The highest BCUT2D eigenvalue weighted by Crippen LogP contribution is 2.14. The van der Waals surface area contributed by atoms with Crippen molar-refractivity contribution in [3.05, 3.63) is 35.4 Å². The number of hydrogen-bond acceptors (Lipinski definition) is 3. The highest BCUT2D eigenvalue weighted by Gasteiger charge is 2.23. The average molecular weight is 287 g/mol. The zero-order valence-corrected chi connectivity index (χ0v) is 11.4. The van der Waals surface area contributed by atoms with Gasteiger partial charge in [-0.3, -0.25) is 10.1 Å². The molecule has 1 aromatic carbocycles. The summed E-state index contributed by atoms with van der Waals surface area (Å²) in [5.74, 6) is -1.88. The smallest absolute Gasteiger partial charge is 0.413 e. The van der Waals surface area contributed by atoms with Gasteiger partial charge in [-0.2, -0.15) is 0 Å². The monoisotopic (exact) mass is 287 g/mol. The van der Waals surface area contributed by atoms with Crippen LogP contribution >= 0.6 is 0 Å². The molecule has 3 N–H and O–H groups in total. The van der Waals surface area contributed by atoms with Crippen molar-refractivity contribution in [2.45, 2.75) is 25.9 Å². The maximum absolute atomic E-state index is 13.6. The largest absolute Gasteiger partial charge is 0.453 e. The summed E-state index contributed by atoms with van der Waals surface area (Å²) in [7, 11) is 1.15. The predicted octanol–water partition coefficient (Wildman–Crippen LogP) is 0.860. The van der Waals surface area contributed by atoms with E-state index in [-0.39, 0.29) is 5.56 Å². The SMILES string of the molecule is COC(=O)NC(=O)[C@H](C)[NH2+][C@@H](C)c1ccc(F)cc1F. The summed E-state index contributed by atoms with van der Waals surface area (Å²) < 4.78 is 30.7. The number of benzene rings is 1. The first-order chi connectivity index (χ1) is 9.35. The molecule has 0 aliphatic carbocycles. The number of nitrogens with two attached hydrogens (primary N) is 1. The number of ether oxygens (including phenoxy) is 1. The minimum atomic E-state index is -0.851. The summed E-state index contributed by atoms with van der Waals surface area (Å²) in [6.07, 6.45) is -0.851. The molecule has 0 spiro atoms. The fraction of sp³-hybridized carbons (Fsp3) is 0.385. The molecule has 0 saturated carbocycles. The lowest BCUT2D eigenvalue weighted by Gasteiger charge is -2.16. The van der Waals surface area contributed by atoms with E-state index in [4.69, 9.17) is 0 Å². The van der Waals surface area contributed by atoms with Crippen LogP contribution in [0.5, 0.6) is 0 Å². The van der Waals surface area contributed by atoms with Crippen molar-refractivity contribution in [2.24, 2.45) is 0 Å². The van der Waals surface area contributed by atoms with E-state index in [1.165, 1.54) is 6.07 Å². The van der Waals surface area contributed by atoms with E-state index >= 15 is 0 Å². The Morgan fingerprint density at radius 2 is 1.95 bits per heavy atom. The van der Waals surface area contributed by atoms with Crippen LogP contribution in [0.25, 0.3) is 0 Å². The lowest BCUT2D eigenvalue weighted by molar-refractivity contribution is -0.710. The zero-order valence-electron chi connectivity index (χ0n) is 11.4. The molecule has 2 amide bonds. The molecule has 7 heteroatoms. The van der Waals surface area contributed by atoms with Gasteiger partial charge in [0, 0.05) is 11.6 Å². The first-order valence-corrected chi connectivity index (χ1v) is 6.04. The molecule has 0 heterocycles. The molecule has 0 aliphatic rings. The van der Waals surface area contributed by atoms with Crippen molar-refractivity contribution in [1.29, 1.82) is 0 Å². The molecule has 0 unspecified atom stereocenters. The average Bonchev–Trinajstić information content (AvgIpc) is 2.37. The molecule has 1 rings (SSSR count). The number of halogens is 2. The Bertz CT molecular complexity index is 508. The number of amides is 2. The van der Waals surface area contributed by atoms with Crippen LogP contribution in [0.3, 0.4) is 0 Å². The fourth-order valence-electron chi connectivity index (χ4n) is 1.76. The van der Waals surface area contributed by atoms with Gasteiger partial charge in [-0.25, -0.2) is 13.6 Å². The lowest BCUT2D eigenvalue weighted by atomic mass is 10.1. The van der Waals surface area contributed by atoms with Crippen molar-refractivity contribution in [2.75, 3.05) is 7.11 Å². The lowest BCUT2D eigenvalue weighted by Crippen LogP contribution is -2.92.